The molecule has 1 saturated carbocycles. The van der Waals surface area contributed by atoms with E-state index in [-0.39, 0.29) is 11.3 Å². The Hall–Kier alpha value is -2.53. The molecule has 0 radical (unpaired) electrons. The van der Waals surface area contributed by atoms with E-state index in [0.29, 0.717) is 12.1 Å². The molecular weight excluding hydrogens is 396 g/mol. The zero-order valence-electron chi connectivity index (χ0n) is 18.0. The van der Waals surface area contributed by atoms with E-state index in [9.17, 15) is 4.79 Å². The SMILES string of the molecule is CN=C(NCc1ccc(C(=O)N(C)C)cc1)NCC1(c2ccc(Cl)cc2)CCCC1. The van der Waals surface area contributed by atoms with Crippen LogP contribution < -0.4 is 10.6 Å². The maximum absolute atomic E-state index is 12.0. The Labute approximate surface area is 184 Å². The van der Waals surface area contributed by atoms with Gasteiger partial charge in [0.25, 0.3) is 5.91 Å². The lowest BCUT2D eigenvalue weighted by atomic mass is 9.79. The van der Waals surface area contributed by atoms with Crippen molar-refractivity contribution >= 4 is 23.5 Å². The Morgan fingerprint density at radius 3 is 2.23 bits per heavy atom. The van der Waals surface area contributed by atoms with E-state index in [1.165, 1.54) is 31.2 Å². The Balaban J connectivity index is 1.59. The highest BCUT2D eigenvalue weighted by Crippen LogP contribution is 2.40. The Kier molecular flexibility index (Phi) is 7.38. The molecule has 6 heteroatoms. The van der Waals surface area contributed by atoms with Gasteiger partial charge in [0.05, 0.1) is 0 Å². The largest absolute Gasteiger partial charge is 0.356 e. The van der Waals surface area contributed by atoms with Crippen molar-refractivity contribution in [3.8, 4) is 0 Å². The third-order valence-corrected chi connectivity index (χ3v) is 6.15. The lowest BCUT2D eigenvalue weighted by Gasteiger charge is -2.31. The summed E-state index contributed by atoms with van der Waals surface area (Å²) in [5.41, 5.74) is 3.25. The van der Waals surface area contributed by atoms with Crippen LogP contribution in [0.3, 0.4) is 0 Å². The lowest BCUT2D eigenvalue weighted by molar-refractivity contribution is 0.0827. The van der Waals surface area contributed by atoms with E-state index >= 15 is 0 Å². The molecule has 0 aromatic heterocycles. The topological polar surface area (TPSA) is 56.7 Å². The van der Waals surface area contributed by atoms with Gasteiger partial charge in [-0.15, -0.1) is 0 Å². The molecule has 0 heterocycles. The van der Waals surface area contributed by atoms with Gasteiger partial charge in [0.15, 0.2) is 5.96 Å². The van der Waals surface area contributed by atoms with Crippen LogP contribution in [0.4, 0.5) is 0 Å². The van der Waals surface area contributed by atoms with Crippen LogP contribution in [0.2, 0.25) is 5.02 Å². The van der Waals surface area contributed by atoms with Crippen molar-refractivity contribution in [3.05, 3.63) is 70.2 Å². The molecule has 0 spiro atoms. The molecule has 30 heavy (non-hydrogen) atoms. The first kappa shape index (κ1) is 22.2. The fourth-order valence-corrected chi connectivity index (χ4v) is 4.23. The molecule has 2 aromatic rings. The summed E-state index contributed by atoms with van der Waals surface area (Å²) in [6.45, 7) is 1.48. The van der Waals surface area contributed by atoms with Gasteiger partial charge in [0.2, 0.25) is 0 Å². The van der Waals surface area contributed by atoms with Gasteiger partial charge in [-0.1, -0.05) is 48.7 Å². The van der Waals surface area contributed by atoms with E-state index in [4.69, 9.17) is 11.6 Å². The molecule has 1 fully saturated rings. The molecule has 1 amide bonds. The molecule has 0 saturated heterocycles. The second kappa shape index (κ2) is 9.98. The summed E-state index contributed by atoms with van der Waals surface area (Å²) < 4.78 is 0. The summed E-state index contributed by atoms with van der Waals surface area (Å²) in [6, 6.07) is 16.0. The molecule has 3 rings (SSSR count). The monoisotopic (exact) mass is 426 g/mol. The molecule has 1 aliphatic carbocycles. The standard InChI is InChI=1S/C24H31ClN4O/c1-26-23(27-16-18-6-8-19(9-7-18)22(30)29(2)3)28-17-24(14-4-5-15-24)20-10-12-21(25)13-11-20/h6-13H,4-5,14-17H2,1-3H3,(H2,26,27,28). The summed E-state index contributed by atoms with van der Waals surface area (Å²) >= 11 is 6.09. The van der Waals surface area contributed by atoms with E-state index in [0.717, 1.165) is 23.1 Å². The number of hydrogen-bond acceptors (Lipinski definition) is 2. The van der Waals surface area contributed by atoms with Crippen LogP contribution in [0.25, 0.3) is 0 Å². The highest BCUT2D eigenvalue weighted by Gasteiger charge is 2.35. The quantitative estimate of drug-likeness (QED) is 0.537. The predicted octanol–water partition coefficient (Wildman–Crippen LogP) is 4.22. The van der Waals surface area contributed by atoms with Gasteiger partial charge in [-0.05, 0) is 48.2 Å². The van der Waals surface area contributed by atoms with Crippen LogP contribution in [0.1, 0.15) is 47.2 Å². The zero-order valence-corrected chi connectivity index (χ0v) is 18.8. The van der Waals surface area contributed by atoms with Crippen molar-refractivity contribution in [1.29, 1.82) is 0 Å². The molecule has 0 bridgehead atoms. The molecule has 0 aliphatic heterocycles. The number of aliphatic imine (C=N–C) groups is 1. The van der Waals surface area contributed by atoms with Gasteiger partial charge in [-0.25, -0.2) is 0 Å². The predicted molar refractivity (Wildman–Crippen MR) is 124 cm³/mol. The molecular formula is C24H31ClN4O. The molecule has 2 N–H and O–H groups in total. The number of benzene rings is 2. The summed E-state index contributed by atoms with van der Waals surface area (Å²) in [4.78, 5) is 18.0. The first-order chi connectivity index (χ1) is 14.4. The number of nitrogens with zero attached hydrogens (tertiary/aromatic N) is 2. The van der Waals surface area contributed by atoms with Gasteiger partial charge < -0.3 is 15.5 Å². The Morgan fingerprint density at radius 2 is 1.67 bits per heavy atom. The van der Waals surface area contributed by atoms with Crippen LogP contribution in [0, 0.1) is 0 Å². The van der Waals surface area contributed by atoms with Crippen molar-refractivity contribution in [1.82, 2.24) is 15.5 Å². The highest BCUT2D eigenvalue weighted by atomic mass is 35.5. The summed E-state index contributed by atoms with van der Waals surface area (Å²) in [7, 11) is 5.31. The van der Waals surface area contributed by atoms with Crippen LogP contribution in [0.15, 0.2) is 53.5 Å². The van der Waals surface area contributed by atoms with E-state index < -0.39 is 0 Å². The van der Waals surface area contributed by atoms with E-state index in [2.05, 4.69) is 27.8 Å². The van der Waals surface area contributed by atoms with Gasteiger partial charge in [0.1, 0.15) is 0 Å². The first-order valence-corrected chi connectivity index (χ1v) is 10.8. The number of carbonyl (C=O) groups is 1. The summed E-state index contributed by atoms with van der Waals surface area (Å²) in [5.74, 6) is 0.791. The van der Waals surface area contributed by atoms with Gasteiger partial charge in [0, 0.05) is 50.2 Å². The molecule has 0 atom stereocenters. The number of hydrogen-bond donors (Lipinski definition) is 2. The summed E-state index contributed by atoms with van der Waals surface area (Å²) in [6.07, 6.45) is 4.82. The third kappa shape index (κ3) is 5.33. The number of nitrogens with one attached hydrogen (secondary N) is 2. The second-order valence-electron chi connectivity index (χ2n) is 8.17. The maximum atomic E-state index is 12.0. The summed E-state index contributed by atoms with van der Waals surface area (Å²) in [5, 5.41) is 7.68. The van der Waals surface area contributed by atoms with E-state index in [1.807, 2.05) is 36.4 Å². The van der Waals surface area contributed by atoms with Crippen LogP contribution >= 0.6 is 11.6 Å². The van der Waals surface area contributed by atoms with Crippen molar-refractivity contribution in [2.75, 3.05) is 27.7 Å². The fourth-order valence-electron chi connectivity index (χ4n) is 4.11. The Bertz CT molecular complexity index is 869. The van der Waals surface area contributed by atoms with Crippen molar-refractivity contribution in [2.45, 2.75) is 37.6 Å². The third-order valence-electron chi connectivity index (χ3n) is 5.90. The molecule has 2 aromatic carbocycles. The average Bonchev–Trinajstić information content (AvgIpc) is 3.24. The average molecular weight is 427 g/mol. The molecule has 160 valence electrons. The minimum absolute atomic E-state index is 0.0102. The van der Waals surface area contributed by atoms with Crippen molar-refractivity contribution in [3.63, 3.8) is 0 Å². The van der Waals surface area contributed by atoms with Crippen LogP contribution in [0.5, 0.6) is 0 Å². The fraction of sp³-hybridized carbons (Fsp3) is 0.417. The zero-order chi connectivity index (χ0) is 21.6. The first-order valence-electron chi connectivity index (χ1n) is 10.4. The number of halogens is 1. The number of guanidine groups is 1. The van der Waals surface area contributed by atoms with Crippen molar-refractivity contribution in [2.24, 2.45) is 4.99 Å². The normalized spacial score (nSPS) is 15.7. The second-order valence-corrected chi connectivity index (χ2v) is 8.61. The minimum atomic E-state index is 0.0102. The van der Waals surface area contributed by atoms with Crippen molar-refractivity contribution < 1.29 is 4.79 Å². The lowest BCUT2D eigenvalue weighted by Crippen LogP contribution is -2.44. The smallest absolute Gasteiger partial charge is 0.253 e. The molecule has 5 nitrogen and oxygen atoms in total. The number of rotatable bonds is 6. The minimum Gasteiger partial charge on any atom is -0.356 e. The van der Waals surface area contributed by atoms with Gasteiger partial charge in [-0.2, -0.15) is 0 Å². The van der Waals surface area contributed by atoms with Crippen LogP contribution in [-0.2, 0) is 12.0 Å². The number of carbonyl (C=O) groups excluding carboxylic acids is 1. The van der Waals surface area contributed by atoms with E-state index in [1.54, 1.807) is 26.0 Å². The van der Waals surface area contributed by atoms with Crippen LogP contribution in [-0.4, -0.2) is 44.5 Å². The Morgan fingerprint density at radius 1 is 1.03 bits per heavy atom. The highest BCUT2D eigenvalue weighted by molar-refractivity contribution is 6.30. The molecule has 0 unspecified atom stereocenters. The number of amides is 1. The van der Waals surface area contributed by atoms with Gasteiger partial charge in [-0.3, -0.25) is 9.79 Å². The van der Waals surface area contributed by atoms with Gasteiger partial charge >= 0.3 is 0 Å². The molecule has 1 aliphatic rings. The maximum Gasteiger partial charge on any atom is 0.253 e.